The molecule has 0 aromatic heterocycles. The van der Waals surface area contributed by atoms with Crippen LogP contribution < -0.4 is 5.32 Å². The van der Waals surface area contributed by atoms with E-state index in [2.05, 4.69) is 5.32 Å². The smallest absolute Gasteiger partial charge is 0.271 e. The van der Waals surface area contributed by atoms with Crippen LogP contribution in [-0.4, -0.2) is 23.6 Å². The molecule has 122 valence electrons. The lowest BCUT2D eigenvalue weighted by molar-refractivity contribution is -0.128. The van der Waals surface area contributed by atoms with Crippen molar-refractivity contribution in [3.63, 3.8) is 0 Å². The maximum absolute atomic E-state index is 12.9. The quantitative estimate of drug-likeness (QED) is 0.921. The van der Waals surface area contributed by atoms with E-state index in [1.807, 2.05) is 60.7 Å². The summed E-state index contributed by atoms with van der Waals surface area (Å²) in [6.07, 6.45) is 0. The normalized spacial score (nSPS) is 17.3. The van der Waals surface area contributed by atoms with Gasteiger partial charge in [-0.1, -0.05) is 60.7 Å². The van der Waals surface area contributed by atoms with E-state index in [0.29, 0.717) is 17.8 Å². The molecular formula is C20H20N2O2. The molecule has 0 radical (unpaired) electrons. The Morgan fingerprint density at radius 1 is 1.04 bits per heavy atom. The predicted octanol–water partition coefficient (Wildman–Crippen LogP) is 2.83. The molecule has 24 heavy (non-hydrogen) atoms. The summed E-state index contributed by atoms with van der Waals surface area (Å²) in [4.78, 5) is 26.9. The van der Waals surface area contributed by atoms with Gasteiger partial charge in [-0.3, -0.25) is 9.59 Å². The molecule has 2 aromatic carbocycles. The van der Waals surface area contributed by atoms with Gasteiger partial charge in [-0.25, -0.2) is 0 Å². The van der Waals surface area contributed by atoms with E-state index < -0.39 is 0 Å². The molecule has 1 atom stereocenters. The van der Waals surface area contributed by atoms with Crippen molar-refractivity contribution in [2.45, 2.75) is 19.5 Å². The van der Waals surface area contributed by atoms with Crippen LogP contribution in [0.3, 0.4) is 0 Å². The minimum Gasteiger partial charge on any atom is -0.383 e. The summed E-state index contributed by atoms with van der Waals surface area (Å²) in [6.45, 7) is 1.98. The second-order valence-corrected chi connectivity index (χ2v) is 5.83. The molecule has 1 amide bonds. The van der Waals surface area contributed by atoms with E-state index in [1.54, 1.807) is 11.9 Å². The third-order valence-corrected chi connectivity index (χ3v) is 4.27. The topological polar surface area (TPSA) is 49.4 Å². The number of carbonyl (C=O) groups is 2. The van der Waals surface area contributed by atoms with Gasteiger partial charge in [-0.05, 0) is 18.1 Å². The Morgan fingerprint density at radius 2 is 1.62 bits per heavy atom. The molecule has 3 rings (SSSR count). The zero-order valence-corrected chi connectivity index (χ0v) is 13.8. The molecule has 0 fully saturated rings. The lowest BCUT2D eigenvalue weighted by atomic mass is 9.96. The third kappa shape index (κ3) is 2.83. The number of Topliss-reactive ketones (excluding diaryl/α,β-unsaturated/α-hetero) is 1. The zero-order chi connectivity index (χ0) is 17.1. The first-order valence-electron chi connectivity index (χ1n) is 7.96. The fourth-order valence-corrected chi connectivity index (χ4v) is 3.20. The fourth-order valence-electron chi connectivity index (χ4n) is 3.20. The first kappa shape index (κ1) is 16.0. The Balaban J connectivity index is 2.07. The van der Waals surface area contributed by atoms with E-state index >= 15 is 0 Å². The number of amides is 1. The van der Waals surface area contributed by atoms with Crippen LogP contribution >= 0.6 is 0 Å². The van der Waals surface area contributed by atoms with Crippen molar-refractivity contribution in [1.82, 2.24) is 10.2 Å². The van der Waals surface area contributed by atoms with Gasteiger partial charge in [0.25, 0.3) is 5.91 Å². The maximum atomic E-state index is 12.9. The summed E-state index contributed by atoms with van der Waals surface area (Å²) in [5, 5.41) is 2.93. The number of hydrogen-bond donors (Lipinski definition) is 1. The van der Waals surface area contributed by atoms with Gasteiger partial charge in [0.15, 0.2) is 5.78 Å². The Morgan fingerprint density at radius 3 is 2.17 bits per heavy atom. The largest absolute Gasteiger partial charge is 0.383 e. The molecular weight excluding hydrogens is 300 g/mol. The molecule has 1 N–H and O–H groups in total. The van der Waals surface area contributed by atoms with Gasteiger partial charge >= 0.3 is 0 Å². The monoisotopic (exact) mass is 320 g/mol. The number of likely N-dealkylation sites (N-methyl/N-ethyl adjacent to an activating group) is 1. The summed E-state index contributed by atoms with van der Waals surface area (Å²) in [7, 11) is 1.68. The molecule has 1 aliphatic rings. The average molecular weight is 320 g/mol. The Hall–Kier alpha value is -2.88. The summed E-state index contributed by atoms with van der Waals surface area (Å²) in [6, 6.07) is 19.1. The number of hydrogen-bond acceptors (Lipinski definition) is 3. The summed E-state index contributed by atoms with van der Waals surface area (Å²) in [5.41, 5.74) is 2.90. The first-order chi connectivity index (χ1) is 11.6. The summed E-state index contributed by atoms with van der Waals surface area (Å²) < 4.78 is 0. The standard InChI is InChI=1S/C20H20N2O2/c1-14(23)17-18(21-2)20(24)22(13-15-9-5-3-6-10-15)19(17)16-11-7-4-8-12-16/h3-12,19,21H,13H2,1-2H3. The minimum absolute atomic E-state index is 0.0860. The molecule has 1 unspecified atom stereocenters. The van der Waals surface area contributed by atoms with Gasteiger partial charge in [0.1, 0.15) is 5.70 Å². The number of carbonyl (C=O) groups excluding carboxylic acids is 2. The minimum atomic E-state index is -0.362. The van der Waals surface area contributed by atoms with Crippen molar-refractivity contribution in [2.75, 3.05) is 7.05 Å². The van der Waals surface area contributed by atoms with E-state index in [4.69, 9.17) is 0 Å². The molecule has 1 aliphatic heterocycles. The molecule has 0 saturated heterocycles. The third-order valence-electron chi connectivity index (χ3n) is 4.27. The van der Waals surface area contributed by atoms with E-state index in [1.165, 1.54) is 6.92 Å². The Kier molecular flexibility index (Phi) is 4.47. The van der Waals surface area contributed by atoms with E-state index in [0.717, 1.165) is 11.1 Å². The molecule has 4 nitrogen and oxygen atoms in total. The van der Waals surface area contributed by atoms with E-state index in [-0.39, 0.29) is 17.7 Å². The van der Waals surface area contributed by atoms with Gasteiger partial charge in [-0.15, -0.1) is 0 Å². The molecule has 4 heteroatoms. The molecule has 2 aromatic rings. The SMILES string of the molecule is CNC1=C(C(C)=O)C(c2ccccc2)N(Cc2ccccc2)C1=O. The summed E-state index contributed by atoms with van der Waals surface area (Å²) >= 11 is 0. The number of nitrogens with zero attached hydrogens (tertiary/aromatic N) is 1. The number of benzene rings is 2. The van der Waals surface area contributed by atoms with Crippen molar-refractivity contribution in [3.05, 3.63) is 83.1 Å². The molecule has 1 heterocycles. The van der Waals surface area contributed by atoms with Crippen LogP contribution in [0.15, 0.2) is 71.9 Å². The van der Waals surface area contributed by atoms with Crippen molar-refractivity contribution >= 4 is 11.7 Å². The van der Waals surface area contributed by atoms with Crippen LogP contribution in [0, 0.1) is 0 Å². The maximum Gasteiger partial charge on any atom is 0.271 e. The number of rotatable bonds is 5. The van der Waals surface area contributed by atoms with Crippen LogP contribution in [0.4, 0.5) is 0 Å². The van der Waals surface area contributed by atoms with Crippen LogP contribution in [-0.2, 0) is 16.1 Å². The highest BCUT2D eigenvalue weighted by Gasteiger charge is 2.41. The van der Waals surface area contributed by atoms with Crippen molar-refractivity contribution in [3.8, 4) is 0 Å². The van der Waals surface area contributed by atoms with Crippen LogP contribution in [0.1, 0.15) is 24.1 Å². The fraction of sp³-hybridized carbons (Fsp3) is 0.200. The van der Waals surface area contributed by atoms with Crippen molar-refractivity contribution < 1.29 is 9.59 Å². The molecule has 0 saturated carbocycles. The Labute approximate surface area is 141 Å². The van der Waals surface area contributed by atoms with Gasteiger partial charge in [-0.2, -0.15) is 0 Å². The van der Waals surface area contributed by atoms with Crippen LogP contribution in [0.2, 0.25) is 0 Å². The van der Waals surface area contributed by atoms with Gasteiger partial charge in [0.05, 0.1) is 11.6 Å². The molecule has 0 aliphatic carbocycles. The average Bonchev–Trinajstić information content (AvgIpc) is 2.89. The highest BCUT2D eigenvalue weighted by Crippen LogP contribution is 2.38. The van der Waals surface area contributed by atoms with Crippen molar-refractivity contribution in [1.29, 1.82) is 0 Å². The lowest BCUT2D eigenvalue weighted by Gasteiger charge is -2.27. The first-order valence-corrected chi connectivity index (χ1v) is 7.96. The van der Waals surface area contributed by atoms with Crippen molar-refractivity contribution in [2.24, 2.45) is 0 Å². The summed E-state index contributed by atoms with van der Waals surface area (Å²) in [5.74, 6) is -0.225. The Bertz CT molecular complexity index is 782. The number of nitrogens with one attached hydrogen (secondary N) is 1. The molecule has 0 spiro atoms. The van der Waals surface area contributed by atoms with Gasteiger partial charge in [0.2, 0.25) is 0 Å². The molecule has 0 bridgehead atoms. The van der Waals surface area contributed by atoms with Crippen LogP contribution in [0.25, 0.3) is 0 Å². The predicted molar refractivity (Wildman–Crippen MR) is 92.9 cm³/mol. The lowest BCUT2D eigenvalue weighted by Crippen LogP contribution is -2.31. The van der Waals surface area contributed by atoms with Gasteiger partial charge in [0, 0.05) is 13.6 Å². The van der Waals surface area contributed by atoms with Crippen LogP contribution in [0.5, 0.6) is 0 Å². The van der Waals surface area contributed by atoms with E-state index in [9.17, 15) is 9.59 Å². The highest BCUT2D eigenvalue weighted by molar-refractivity contribution is 6.09. The number of ketones is 1. The highest BCUT2D eigenvalue weighted by atomic mass is 16.2. The second-order valence-electron chi connectivity index (χ2n) is 5.83. The second kappa shape index (κ2) is 6.71. The van der Waals surface area contributed by atoms with Gasteiger partial charge < -0.3 is 10.2 Å². The zero-order valence-electron chi connectivity index (χ0n) is 13.8.